The Balaban J connectivity index is 1.70. The lowest BCUT2D eigenvalue weighted by Gasteiger charge is -2.17. The number of anilines is 1. The van der Waals surface area contributed by atoms with Gasteiger partial charge in [0.25, 0.3) is 5.92 Å². The maximum atomic E-state index is 13.5. The van der Waals surface area contributed by atoms with Crippen LogP contribution < -0.4 is 4.90 Å². The Morgan fingerprint density at radius 3 is 2.64 bits per heavy atom. The van der Waals surface area contributed by atoms with Gasteiger partial charge in [-0.2, -0.15) is 0 Å². The minimum absolute atomic E-state index is 0.0497. The van der Waals surface area contributed by atoms with E-state index in [1.165, 1.54) is 6.33 Å². The molecule has 1 N–H and O–H groups in total. The van der Waals surface area contributed by atoms with Gasteiger partial charge in [-0.05, 0) is 11.1 Å². The summed E-state index contributed by atoms with van der Waals surface area (Å²) in [6.07, 6.45) is 2.83. The highest BCUT2D eigenvalue weighted by molar-refractivity contribution is 5.83. The molecule has 0 saturated carbocycles. The molecule has 130 valence electrons. The second-order valence-corrected chi connectivity index (χ2v) is 6.20. The molecule has 25 heavy (non-hydrogen) atoms. The number of hydrogen-bond acceptors (Lipinski definition) is 5. The van der Waals surface area contributed by atoms with E-state index in [1.807, 2.05) is 28.8 Å². The van der Waals surface area contributed by atoms with Gasteiger partial charge in [-0.1, -0.05) is 24.3 Å². The van der Waals surface area contributed by atoms with Gasteiger partial charge in [0, 0.05) is 13.0 Å². The van der Waals surface area contributed by atoms with Crippen molar-refractivity contribution in [3.8, 4) is 0 Å². The molecule has 0 atom stereocenters. The smallest absolute Gasteiger partial charge is 0.266 e. The minimum atomic E-state index is -2.69. The number of alkyl halides is 2. The third-order valence-corrected chi connectivity index (χ3v) is 4.48. The van der Waals surface area contributed by atoms with Crippen LogP contribution >= 0.6 is 0 Å². The summed E-state index contributed by atoms with van der Waals surface area (Å²) >= 11 is 0. The molecule has 0 spiro atoms. The van der Waals surface area contributed by atoms with Crippen LogP contribution in [-0.2, 0) is 13.2 Å². The molecule has 4 rings (SSSR count). The first-order valence-electron chi connectivity index (χ1n) is 8.04. The largest absolute Gasteiger partial charge is 0.392 e. The predicted octanol–water partition coefficient (Wildman–Crippen LogP) is 2.21. The number of fused-ring (bicyclic) bond motifs is 1. The van der Waals surface area contributed by atoms with E-state index in [2.05, 4.69) is 15.0 Å². The van der Waals surface area contributed by atoms with Crippen LogP contribution in [0, 0.1) is 0 Å². The molecule has 2 aromatic heterocycles. The normalized spacial score (nSPS) is 16.7. The highest BCUT2D eigenvalue weighted by atomic mass is 19.3. The molecule has 1 aliphatic rings. The van der Waals surface area contributed by atoms with Gasteiger partial charge in [-0.25, -0.2) is 23.7 Å². The van der Waals surface area contributed by atoms with E-state index in [0.29, 0.717) is 23.5 Å². The predicted molar refractivity (Wildman–Crippen MR) is 88.6 cm³/mol. The fraction of sp³-hybridized carbons (Fsp3) is 0.353. The Morgan fingerprint density at radius 1 is 1.12 bits per heavy atom. The van der Waals surface area contributed by atoms with Gasteiger partial charge in [-0.15, -0.1) is 0 Å². The monoisotopic (exact) mass is 345 g/mol. The minimum Gasteiger partial charge on any atom is -0.392 e. The molecule has 0 aliphatic carbocycles. The number of benzene rings is 1. The zero-order valence-electron chi connectivity index (χ0n) is 13.4. The number of aliphatic hydroxyl groups excluding tert-OH is 1. The second kappa shape index (κ2) is 6.03. The van der Waals surface area contributed by atoms with Crippen molar-refractivity contribution in [2.24, 2.45) is 0 Å². The van der Waals surface area contributed by atoms with E-state index in [-0.39, 0.29) is 26.1 Å². The summed E-state index contributed by atoms with van der Waals surface area (Å²) in [6, 6.07) is 7.57. The lowest BCUT2D eigenvalue weighted by molar-refractivity contribution is 0.0257. The Kier molecular flexibility index (Phi) is 3.84. The standard InChI is InChI=1S/C17H17F2N5O/c18-17(19)5-6-23(9-17)15-14-16(21-10-20-15)24(11-22-14)7-12-3-1-2-4-13(12)8-25/h1-4,10-11,25H,5-9H2. The van der Waals surface area contributed by atoms with Crippen LogP contribution in [0.2, 0.25) is 0 Å². The van der Waals surface area contributed by atoms with Gasteiger partial charge >= 0.3 is 0 Å². The van der Waals surface area contributed by atoms with Gasteiger partial charge < -0.3 is 14.6 Å². The zero-order valence-corrected chi connectivity index (χ0v) is 13.4. The Morgan fingerprint density at radius 2 is 1.92 bits per heavy atom. The van der Waals surface area contributed by atoms with Crippen molar-refractivity contribution in [2.45, 2.75) is 25.5 Å². The van der Waals surface area contributed by atoms with E-state index in [1.54, 1.807) is 11.2 Å². The average Bonchev–Trinajstić information content (AvgIpc) is 3.18. The van der Waals surface area contributed by atoms with Crippen LogP contribution in [0.25, 0.3) is 11.2 Å². The number of rotatable bonds is 4. The van der Waals surface area contributed by atoms with Gasteiger partial charge in [-0.3, -0.25) is 0 Å². The average molecular weight is 345 g/mol. The van der Waals surface area contributed by atoms with Crippen molar-refractivity contribution in [1.29, 1.82) is 0 Å². The van der Waals surface area contributed by atoms with Crippen molar-refractivity contribution >= 4 is 17.0 Å². The van der Waals surface area contributed by atoms with Gasteiger partial charge in [0.15, 0.2) is 17.0 Å². The Hall–Kier alpha value is -2.61. The first-order valence-corrected chi connectivity index (χ1v) is 8.04. The molecule has 0 unspecified atom stereocenters. The van der Waals surface area contributed by atoms with Crippen LogP contribution in [0.4, 0.5) is 14.6 Å². The molecular formula is C17H17F2N5O. The van der Waals surface area contributed by atoms with Crippen LogP contribution in [0.15, 0.2) is 36.9 Å². The fourth-order valence-corrected chi connectivity index (χ4v) is 3.18. The second-order valence-electron chi connectivity index (χ2n) is 6.20. The summed E-state index contributed by atoms with van der Waals surface area (Å²) < 4.78 is 28.9. The van der Waals surface area contributed by atoms with E-state index in [9.17, 15) is 13.9 Å². The van der Waals surface area contributed by atoms with Crippen LogP contribution in [0.3, 0.4) is 0 Å². The van der Waals surface area contributed by atoms with E-state index in [0.717, 1.165) is 11.1 Å². The number of aliphatic hydroxyl groups is 1. The maximum Gasteiger partial charge on any atom is 0.266 e. The lowest BCUT2D eigenvalue weighted by atomic mass is 10.1. The summed E-state index contributed by atoms with van der Waals surface area (Å²) in [7, 11) is 0. The van der Waals surface area contributed by atoms with Crippen LogP contribution in [0.1, 0.15) is 17.5 Å². The highest BCUT2D eigenvalue weighted by Crippen LogP contribution is 2.32. The molecule has 3 aromatic rings. The number of halogens is 2. The number of nitrogens with zero attached hydrogens (tertiary/aromatic N) is 5. The molecular weight excluding hydrogens is 328 g/mol. The Labute approximate surface area is 142 Å². The molecule has 1 saturated heterocycles. The van der Waals surface area contributed by atoms with Crippen molar-refractivity contribution < 1.29 is 13.9 Å². The van der Waals surface area contributed by atoms with Gasteiger partial charge in [0.2, 0.25) is 0 Å². The fourth-order valence-electron chi connectivity index (χ4n) is 3.18. The topological polar surface area (TPSA) is 67.1 Å². The molecule has 1 aliphatic heterocycles. The summed E-state index contributed by atoms with van der Waals surface area (Å²) in [5, 5.41) is 9.47. The van der Waals surface area contributed by atoms with Crippen molar-refractivity contribution in [3.05, 3.63) is 48.0 Å². The summed E-state index contributed by atoms with van der Waals surface area (Å²) in [6.45, 7) is 0.338. The van der Waals surface area contributed by atoms with Crippen molar-refractivity contribution in [1.82, 2.24) is 19.5 Å². The molecule has 0 bridgehead atoms. The number of aromatic nitrogens is 4. The molecule has 1 fully saturated rings. The molecule has 1 aromatic carbocycles. The lowest BCUT2D eigenvalue weighted by Crippen LogP contribution is -2.25. The summed E-state index contributed by atoms with van der Waals surface area (Å²) in [5.74, 6) is -2.25. The quantitative estimate of drug-likeness (QED) is 0.785. The van der Waals surface area contributed by atoms with Gasteiger partial charge in [0.05, 0.1) is 26.0 Å². The van der Waals surface area contributed by atoms with Crippen molar-refractivity contribution in [2.75, 3.05) is 18.0 Å². The third-order valence-electron chi connectivity index (χ3n) is 4.48. The van der Waals surface area contributed by atoms with E-state index in [4.69, 9.17) is 0 Å². The van der Waals surface area contributed by atoms with Crippen LogP contribution in [-0.4, -0.2) is 43.6 Å². The SMILES string of the molecule is OCc1ccccc1Cn1cnc2c(N3CCC(F)(F)C3)ncnc21. The summed E-state index contributed by atoms with van der Waals surface area (Å²) in [4.78, 5) is 14.4. The van der Waals surface area contributed by atoms with Crippen molar-refractivity contribution in [3.63, 3.8) is 0 Å². The molecule has 8 heteroatoms. The first-order chi connectivity index (χ1) is 12.1. The first kappa shape index (κ1) is 15.9. The third kappa shape index (κ3) is 2.93. The number of imidazole rings is 1. The van der Waals surface area contributed by atoms with Gasteiger partial charge in [0.1, 0.15) is 6.33 Å². The Bertz CT molecular complexity index is 911. The molecule has 0 radical (unpaired) electrons. The number of hydrogen-bond donors (Lipinski definition) is 1. The highest BCUT2D eigenvalue weighted by Gasteiger charge is 2.39. The molecule has 0 amide bonds. The zero-order chi connectivity index (χ0) is 17.4. The van der Waals surface area contributed by atoms with Crippen LogP contribution in [0.5, 0.6) is 0 Å². The maximum absolute atomic E-state index is 13.5. The van der Waals surface area contributed by atoms with E-state index < -0.39 is 5.92 Å². The summed E-state index contributed by atoms with van der Waals surface area (Å²) in [5.41, 5.74) is 2.89. The molecule has 6 nitrogen and oxygen atoms in total. The molecule has 3 heterocycles. The van der Waals surface area contributed by atoms with E-state index >= 15 is 0 Å².